The van der Waals surface area contributed by atoms with E-state index in [1.807, 2.05) is 0 Å². The van der Waals surface area contributed by atoms with Gasteiger partial charge in [0, 0.05) is 0 Å². The minimum Gasteiger partial charge on any atom is -0.327 e. The van der Waals surface area contributed by atoms with E-state index in [1.54, 1.807) is 6.92 Å². The molecule has 0 aromatic heterocycles. The summed E-state index contributed by atoms with van der Waals surface area (Å²) in [5.41, 5.74) is 10.4. The largest absolute Gasteiger partial charge is 0.327 e. The standard InChI is InChI=1S/C2H7N2.Al.HO2P.2H/c1-2(3)4;;1-3-2;;/h3-4H2,1H3;;(H,1,2);;. The predicted octanol–water partition coefficient (Wildman–Crippen LogP) is -1.60. The summed E-state index contributed by atoms with van der Waals surface area (Å²) in [6.07, 6.45) is 0. The number of rotatable bonds is 0. The molecule has 6 heteroatoms. The van der Waals surface area contributed by atoms with Gasteiger partial charge in [-0.05, 0) is 11.4 Å². The molecule has 0 rings (SSSR count). The third-order valence-electron chi connectivity index (χ3n) is 0. The van der Waals surface area contributed by atoms with Crippen LogP contribution in [0.3, 0.4) is 0 Å². The van der Waals surface area contributed by atoms with Gasteiger partial charge in [0.05, 0.1) is 0 Å². The van der Waals surface area contributed by atoms with E-state index in [1.165, 1.54) is 0 Å². The second kappa shape index (κ2) is 5.65. The van der Waals surface area contributed by atoms with Gasteiger partial charge in [0.15, 0.2) is 0 Å². The monoisotopic (exact) mass is 152 g/mol. The molecule has 0 atom stereocenters. The molecular formula is C2H10AlN2O2P. The van der Waals surface area contributed by atoms with Gasteiger partial charge in [-0.25, -0.2) is 4.57 Å². The van der Waals surface area contributed by atoms with Crippen LogP contribution >= 0.6 is 8.69 Å². The maximum Gasteiger partial charge on any atom is 0.324 e. The van der Waals surface area contributed by atoms with Gasteiger partial charge in [0.2, 0.25) is 0 Å². The summed E-state index contributed by atoms with van der Waals surface area (Å²) in [6.45, 7) is 1.80. The molecule has 0 saturated carbocycles. The normalized spacial score (nSPS) is 10.0. The lowest BCUT2D eigenvalue weighted by atomic mass is 10.6. The molecule has 0 unspecified atom stereocenters. The van der Waals surface area contributed by atoms with Crippen molar-refractivity contribution in [2.45, 2.75) is 11.4 Å². The van der Waals surface area contributed by atoms with Gasteiger partial charge < -0.3 is 16.4 Å². The first-order valence-electron chi connectivity index (χ1n) is 1.96. The van der Waals surface area contributed by atoms with Crippen molar-refractivity contribution in [1.82, 2.24) is 0 Å². The average molecular weight is 152 g/mol. The van der Waals surface area contributed by atoms with Gasteiger partial charge in [-0.2, -0.15) is 0 Å². The molecule has 0 radical (unpaired) electrons. The number of nitrogens with two attached hydrogens (primary N) is 2. The molecule has 5 N–H and O–H groups in total. The van der Waals surface area contributed by atoms with Crippen LogP contribution in [0.5, 0.6) is 0 Å². The summed E-state index contributed by atoms with van der Waals surface area (Å²) in [7, 11) is -0.833. The van der Waals surface area contributed by atoms with Crippen molar-refractivity contribution in [3.8, 4) is 0 Å². The van der Waals surface area contributed by atoms with Crippen LogP contribution in [0.1, 0.15) is 6.92 Å². The Balaban J connectivity index is 0. The van der Waals surface area contributed by atoms with E-state index in [0.29, 0.717) is 0 Å². The Morgan fingerprint density at radius 3 is 1.75 bits per heavy atom. The molecular weight excluding hydrogens is 142 g/mol. The third kappa shape index (κ3) is 754. The number of hydrogen-bond acceptors (Lipinski definition) is 3. The van der Waals surface area contributed by atoms with E-state index in [4.69, 9.17) is 20.9 Å². The Morgan fingerprint density at radius 1 is 1.75 bits per heavy atom. The number of hydrogen-bond donors (Lipinski definition) is 3. The highest BCUT2D eigenvalue weighted by Gasteiger charge is 1.96. The fourth-order valence-electron chi connectivity index (χ4n) is 0. The topological polar surface area (TPSA) is 89.3 Å². The first-order valence-corrected chi connectivity index (χ1v) is 3.73. The van der Waals surface area contributed by atoms with E-state index < -0.39 is 8.69 Å². The molecule has 0 aliphatic carbocycles. The molecule has 0 saturated heterocycles. The van der Waals surface area contributed by atoms with Crippen LogP contribution in [0.4, 0.5) is 0 Å². The summed E-state index contributed by atoms with van der Waals surface area (Å²) in [6, 6.07) is 0. The van der Waals surface area contributed by atoms with Crippen molar-refractivity contribution in [3.63, 3.8) is 0 Å². The zero-order chi connectivity index (χ0) is 7.21. The molecule has 0 aliphatic heterocycles. The van der Waals surface area contributed by atoms with Crippen LogP contribution in [-0.2, 0) is 4.57 Å². The molecule has 0 bridgehead atoms. The van der Waals surface area contributed by atoms with Gasteiger partial charge >= 0.3 is 8.69 Å². The van der Waals surface area contributed by atoms with Gasteiger partial charge in [-0.15, -0.1) is 0 Å². The van der Waals surface area contributed by atoms with Gasteiger partial charge in [-0.1, -0.05) is 0 Å². The first-order chi connectivity index (χ1) is 3.41. The highest BCUT2D eigenvalue weighted by Crippen LogP contribution is 1.68. The van der Waals surface area contributed by atoms with Crippen molar-refractivity contribution >= 4 is 25.0 Å². The Hall–Kier alpha value is 0.512. The van der Waals surface area contributed by atoms with Crippen LogP contribution in [0, 0.1) is 0 Å². The molecule has 0 heterocycles. The third-order valence-corrected chi connectivity index (χ3v) is 0. The van der Waals surface area contributed by atoms with Crippen molar-refractivity contribution in [2.75, 3.05) is 0 Å². The lowest BCUT2D eigenvalue weighted by molar-refractivity contribution is 0.524. The van der Waals surface area contributed by atoms with E-state index in [9.17, 15) is 0 Å². The fraction of sp³-hybridized carbons (Fsp3) is 1.00. The molecule has 0 aliphatic rings. The first kappa shape index (κ1) is 11.3. The maximum absolute atomic E-state index is 8.46. The van der Waals surface area contributed by atoms with Crippen LogP contribution in [0.2, 0.25) is 0 Å². The highest BCUT2D eigenvalue weighted by atomic mass is 31.1. The van der Waals surface area contributed by atoms with Crippen molar-refractivity contribution in [3.05, 3.63) is 0 Å². The van der Waals surface area contributed by atoms with E-state index in [0.717, 1.165) is 16.3 Å². The fourth-order valence-corrected chi connectivity index (χ4v) is 0. The SMILES string of the molecule is C[C](N)(N)[AlH2].O=PO. The molecule has 0 amide bonds. The highest BCUT2D eigenvalue weighted by molar-refractivity contribution is 7.16. The quantitative estimate of drug-likeness (QED) is 0.221. The van der Waals surface area contributed by atoms with Gasteiger partial charge in [0.25, 0.3) is 16.3 Å². The van der Waals surface area contributed by atoms with Crippen LogP contribution < -0.4 is 11.5 Å². The van der Waals surface area contributed by atoms with Crippen LogP contribution in [0.25, 0.3) is 0 Å². The molecule has 0 fully saturated rings. The van der Waals surface area contributed by atoms with Gasteiger partial charge in [-0.3, -0.25) is 0 Å². The maximum atomic E-state index is 8.46. The summed E-state index contributed by atoms with van der Waals surface area (Å²) in [5.74, 6) is 0. The smallest absolute Gasteiger partial charge is 0.324 e. The molecule has 0 aromatic rings. The van der Waals surface area contributed by atoms with E-state index >= 15 is 0 Å². The molecule has 0 aromatic carbocycles. The lowest BCUT2D eigenvalue weighted by Gasteiger charge is -2.07. The summed E-state index contributed by atoms with van der Waals surface area (Å²) in [5, 5.41) is 0. The molecule has 8 heavy (non-hydrogen) atoms. The molecule has 48 valence electrons. The Bertz CT molecular complexity index is 57.5. The second-order valence-electron chi connectivity index (χ2n) is 1.90. The zero-order valence-electron chi connectivity index (χ0n) is 4.96. The average Bonchev–Trinajstić information content (AvgIpc) is 1.27. The van der Waals surface area contributed by atoms with Crippen molar-refractivity contribution < 1.29 is 9.46 Å². The minimum absolute atomic E-state index is 0.361. The molecule has 0 spiro atoms. The molecule has 4 nitrogen and oxygen atoms in total. The van der Waals surface area contributed by atoms with E-state index in [2.05, 4.69) is 0 Å². The Kier molecular flexibility index (Phi) is 7.99. The second-order valence-corrected chi connectivity index (χ2v) is 4.22. The predicted molar refractivity (Wildman–Crippen MR) is 35.1 cm³/mol. The minimum atomic E-state index is -0.833. The summed E-state index contributed by atoms with van der Waals surface area (Å²) in [4.78, 5) is 6.99. The summed E-state index contributed by atoms with van der Waals surface area (Å²) < 4.78 is 8.10. The summed E-state index contributed by atoms with van der Waals surface area (Å²) >= 11 is 0.863. The van der Waals surface area contributed by atoms with Crippen molar-refractivity contribution in [1.29, 1.82) is 0 Å². The van der Waals surface area contributed by atoms with Crippen molar-refractivity contribution in [2.24, 2.45) is 11.5 Å². The van der Waals surface area contributed by atoms with Gasteiger partial charge in [0.1, 0.15) is 0 Å². The van der Waals surface area contributed by atoms with E-state index in [-0.39, 0.29) is 4.52 Å². The van der Waals surface area contributed by atoms with Crippen LogP contribution in [0.15, 0.2) is 0 Å². The zero-order valence-corrected chi connectivity index (χ0v) is 7.85. The Morgan fingerprint density at radius 2 is 1.75 bits per heavy atom. The van der Waals surface area contributed by atoms with Crippen LogP contribution in [-0.4, -0.2) is 25.7 Å². The Labute approximate surface area is 58.0 Å². The lowest BCUT2D eigenvalue weighted by Crippen LogP contribution is -2.46.